The second-order valence-corrected chi connectivity index (χ2v) is 3.98. The molecular formula is C15H20O. The van der Waals surface area contributed by atoms with Gasteiger partial charge in [-0.25, -0.2) is 0 Å². The fraction of sp³-hybridized carbons (Fsp3) is 0.333. The molecule has 1 aromatic carbocycles. The molecule has 0 aromatic heterocycles. The van der Waals surface area contributed by atoms with Crippen LogP contribution in [0.5, 0.6) is 0 Å². The topological polar surface area (TPSA) is 20.2 Å². The lowest BCUT2D eigenvalue weighted by Crippen LogP contribution is -2.05. The Kier molecular flexibility index (Phi) is 5.58. The first-order chi connectivity index (χ1) is 7.74. The van der Waals surface area contributed by atoms with Crippen molar-refractivity contribution in [1.82, 2.24) is 0 Å². The van der Waals surface area contributed by atoms with Crippen LogP contribution in [0.15, 0.2) is 48.6 Å². The molecule has 0 saturated carbocycles. The van der Waals surface area contributed by atoms with Crippen molar-refractivity contribution in [3.8, 4) is 0 Å². The van der Waals surface area contributed by atoms with Crippen molar-refractivity contribution in [3.63, 3.8) is 0 Å². The Bertz CT molecular complexity index is 338. The van der Waals surface area contributed by atoms with Gasteiger partial charge in [-0.05, 0) is 24.0 Å². The maximum atomic E-state index is 9.82. The van der Waals surface area contributed by atoms with Gasteiger partial charge in [0, 0.05) is 0 Å². The van der Waals surface area contributed by atoms with E-state index in [1.807, 2.05) is 36.4 Å². The van der Waals surface area contributed by atoms with Crippen LogP contribution in [0.3, 0.4) is 0 Å². The van der Waals surface area contributed by atoms with Gasteiger partial charge in [0.25, 0.3) is 0 Å². The summed E-state index contributed by atoms with van der Waals surface area (Å²) >= 11 is 0. The number of aliphatic hydroxyl groups is 1. The molecule has 86 valence electrons. The Morgan fingerprint density at radius 1 is 1.38 bits per heavy atom. The Labute approximate surface area is 98.1 Å². The number of hydrogen-bond donors (Lipinski definition) is 1. The summed E-state index contributed by atoms with van der Waals surface area (Å²) in [5.41, 5.74) is 2.00. The van der Waals surface area contributed by atoms with Gasteiger partial charge in [0.1, 0.15) is 0 Å². The van der Waals surface area contributed by atoms with Crippen molar-refractivity contribution in [1.29, 1.82) is 0 Å². The molecule has 0 spiro atoms. The zero-order chi connectivity index (χ0) is 11.8. The molecule has 0 heterocycles. The van der Waals surface area contributed by atoms with Crippen LogP contribution < -0.4 is 0 Å². The summed E-state index contributed by atoms with van der Waals surface area (Å²) in [7, 11) is 0. The third kappa shape index (κ3) is 4.45. The summed E-state index contributed by atoms with van der Waals surface area (Å²) in [4.78, 5) is 0. The molecule has 0 saturated heterocycles. The predicted molar refractivity (Wildman–Crippen MR) is 70.1 cm³/mol. The Hall–Kier alpha value is -1.34. The molecule has 1 aromatic rings. The highest BCUT2D eigenvalue weighted by molar-refractivity contribution is 5.50. The van der Waals surface area contributed by atoms with Crippen LogP contribution in [0.25, 0.3) is 6.08 Å². The number of rotatable bonds is 6. The van der Waals surface area contributed by atoms with Crippen LogP contribution in [0.1, 0.15) is 31.7 Å². The summed E-state index contributed by atoms with van der Waals surface area (Å²) < 4.78 is 0. The average Bonchev–Trinajstić information content (AvgIpc) is 2.34. The largest absolute Gasteiger partial charge is 0.385 e. The van der Waals surface area contributed by atoms with Crippen LogP contribution in [0, 0.1) is 0 Å². The highest BCUT2D eigenvalue weighted by atomic mass is 16.3. The van der Waals surface area contributed by atoms with E-state index < -0.39 is 6.10 Å². The van der Waals surface area contributed by atoms with Crippen molar-refractivity contribution < 1.29 is 5.11 Å². The van der Waals surface area contributed by atoms with Crippen LogP contribution >= 0.6 is 0 Å². The Morgan fingerprint density at radius 3 is 2.69 bits per heavy atom. The molecule has 16 heavy (non-hydrogen) atoms. The van der Waals surface area contributed by atoms with Crippen molar-refractivity contribution in [2.24, 2.45) is 0 Å². The fourth-order valence-corrected chi connectivity index (χ4v) is 1.45. The summed E-state index contributed by atoms with van der Waals surface area (Å²) in [6.45, 7) is 6.04. The number of hydrogen-bond acceptors (Lipinski definition) is 1. The van der Waals surface area contributed by atoms with E-state index in [4.69, 9.17) is 0 Å². The van der Waals surface area contributed by atoms with Crippen LogP contribution in [0.2, 0.25) is 0 Å². The number of aliphatic hydroxyl groups excluding tert-OH is 1. The van der Waals surface area contributed by atoms with Crippen molar-refractivity contribution >= 4 is 6.08 Å². The van der Waals surface area contributed by atoms with Gasteiger partial charge in [-0.15, -0.1) is 0 Å². The molecule has 1 rings (SSSR count). The molecule has 0 aliphatic carbocycles. The van der Waals surface area contributed by atoms with Crippen LogP contribution in [0.4, 0.5) is 0 Å². The van der Waals surface area contributed by atoms with Gasteiger partial charge in [0.05, 0.1) is 6.10 Å². The highest BCUT2D eigenvalue weighted by Gasteiger charge is 2.03. The standard InChI is InChI=1S/C15H20O/c1-3-4-8-13(2)15(16)12-11-14-9-6-5-7-10-14/h5-7,9-12,15-16H,2-4,8H2,1H3/b12-11+. The molecule has 0 radical (unpaired) electrons. The zero-order valence-corrected chi connectivity index (χ0v) is 9.89. The Balaban J connectivity index is 2.47. The molecule has 0 fully saturated rings. The summed E-state index contributed by atoms with van der Waals surface area (Å²) in [6.07, 6.45) is 6.33. The van der Waals surface area contributed by atoms with Crippen LogP contribution in [-0.4, -0.2) is 11.2 Å². The normalized spacial score (nSPS) is 12.9. The maximum absolute atomic E-state index is 9.82. The predicted octanol–water partition coefficient (Wildman–Crippen LogP) is 3.81. The smallest absolute Gasteiger partial charge is 0.0932 e. The maximum Gasteiger partial charge on any atom is 0.0932 e. The van der Waals surface area contributed by atoms with Gasteiger partial charge in [0.2, 0.25) is 0 Å². The van der Waals surface area contributed by atoms with E-state index in [9.17, 15) is 5.11 Å². The SMILES string of the molecule is C=C(CCCC)C(O)/C=C/c1ccccc1. The third-order valence-electron chi connectivity index (χ3n) is 2.54. The minimum atomic E-state index is -0.522. The lowest BCUT2D eigenvalue weighted by atomic mass is 10.0. The van der Waals surface area contributed by atoms with E-state index in [2.05, 4.69) is 13.5 Å². The molecular weight excluding hydrogens is 196 g/mol. The van der Waals surface area contributed by atoms with E-state index in [1.165, 1.54) is 0 Å². The lowest BCUT2D eigenvalue weighted by Gasteiger charge is -2.08. The van der Waals surface area contributed by atoms with Crippen LogP contribution in [-0.2, 0) is 0 Å². The van der Waals surface area contributed by atoms with Crippen molar-refractivity contribution in [2.45, 2.75) is 32.3 Å². The monoisotopic (exact) mass is 216 g/mol. The third-order valence-corrected chi connectivity index (χ3v) is 2.54. The van der Waals surface area contributed by atoms with E-state index >= 15 is 0 Å². The molecule has 0 aliphatic rings. The van der Waals surface area contributed by atoms with Crippen molar-refractivity contribution in [2.75, 3.05) is 0 Å². The van der Waals surface area contributed by atoms with Crippen molar-refractivity contribution in [3.05, 3.63) is 54.1 Å². The summed E-state index contributed by atoms with van der Waals surface area (Å²) in [6, 6.07) is 9.97. The minimum Gasteiger partial charge on any atom is -0.385 e. The fourth-order valence-electron chi connectivity index (χ4n) is 1.45. The molecule has 1 atom stereocenters. The molecule has 0 bridgehead atoms. The second-order valence-electron chi connectivity index (χ2n) is 3.98. The summed E-state index contributed by atoms with van der Waals surface area (Å²) in [5, 5.41) is 9.82. The lowest BCUT2D eigenvalue weighted by molar-refractivity contribution is 0.255. The molecule has 1 nitrogen and oxygen atoms in total. The minimum absolute atomic E-state index is 0.522. The molecule has 0 amide bonds. The quantitative estimate of drug-likeness (QED) is 0.717. The zero-order valence-electron chi connectivity index (χ0n) is 9.89. The first kappa shape index (κ1) is 12.7. The second kappa shape index (κ2) is 7.02. The van der Waals surface area contributed by atoms with E-state index in [0.717, 1.165) is 30.4 Å². The van der Waals surface area contributed by atoms with E-state index in [1.54, 1.807) is 6.08 Å². The number of unbranched alkanes of at least 4 members (excludes halogenated alkanes) is 1. The van der Waals surface area contributed by atoms with Gasteiger partial charge < -0.3 is 5.11 Å². The van der Waals surface area contributed by atoms with E-state index in [-0.39, 0.29) is 0 Å². The van der Waals surface area contributed by atoms with Gasteiger partial charge in [-0.1, -0.05) is 62.4 Å². The molecule has 1 unspecified atom stereocenters. The molecule has 1 N–H and O–H groups in total. The van der Waals surface area contributed by atoms with Gasteiger partial charge in [0.15, 0.2) is 0 Å². The van der Waals surface area contributed by atoms with Gasteiger partial charge in [-0.3, -0.25) is 0 Å². The molecule has 1 heteroatoms. The molecule has 0 aliphatic heterocycles. The van der Waals surface area contributed by atoms with Gasteiger partial charge in [-0.2, -0.15) is 0 Å². The first-order valence-corrected chi connectivity index (χ1v) is 5.83. The number of benzene rings is 1. The Morgan fingerprint density at radius 2 is 2.06 bits per heavy atom. The summed E-state index contributed by atoms with van der Waals surface area (Å²) in [5.74, 6) is 0. The van der Waals surface area contributed by atoms with E-state index in [0.29, 0.717) is 0 Å². The highest BCUT2D eigenvalue weighted by Crippen LogP contribution is 2.12. The first-order valence-electron chi connectivity index (χ1n) is 5.83. The average molecular weight is 216 g/mol. The van der Waals surface area contributed by atoms with Gasteiger partial charge >= 0.3 is 0 Å².